The Labute approximate surface area is 128 Å². The Hall–Kier alpha value is -3.01. The van der Waals surface area contributed by atoms with Gasteiger partial charge in [0.25, 0.3) is 0 Å². The van der Waals surface area contributed by atoms with Crippen molar-refractivity contribution >= 4 is 11.2 Å². The summed E-state index contributed by atoms with van der Waals surface area (Å²) in [6, 6.07) is 18.0. The molecular formula is C18H14N4. The molecule has 0 aliphatic heterocycles. The van der Waals surface area contributed by atoms with Crippen molar-refractivity contribution in [2.45, 2.75) is 6.92 Å². The number of pyridine rings is 2. The normalized spacial score (nSPS) is 11.0. The Morgan fingerprint density at radius 1 is 0.818 bits per heavy atom. The van der Waals surface area contributed by atoms with E-state index >= 15 is 0 Å². The fourth-order valence-electron chi connectivity index (χ4n) is 2.52. The highest BCUT2D eigenvalue weighted by Gasteiger charge is 2.15. The van der Waals surface area contributed by atoms with E-state index < -0.39 is 0 Å². The zero-order valence-corrected chi connectivity index (χ0v) is 12.1. The van der Waals surface area contributed by atoms with E-state index in [1.807, 2.05) is 30.3 Å². The van der Waals surface area contributed by atoms with E-state index in [4.69, 9.17) is 4.98 Å². The van der Waals surface area contributed by atoms with E-state index in [0.717, 1.165) is 28.4 Å². The summed E-state index contributed by atoms with van der Waals surface area (Å²) >= 11 is 0. The van der Waals surface area contributed by atoms with Gasteiger partial charge in [-0.05, 0) is 43.3 Å². The molecule has 0 spiro atoms. The molecule has 4 aromatic rings. The second-order valence-corrected chi connectivity index (χ2v) is 5.17. The lowest BCUT2D eigenvalue weighted by Crippen LogP contribution is -1.99. The summed E-state index contributed by atoms with van der Waals surface area (Å²) in [5.74, 6) is 0.804. The van der Waals surface area contributed by atoms with Crippen LogP contribution < -0.4 is 0 Å². The van der Waals surface area contributed by atoms with Crippen LogP contribution in [0.5, 0.6) is 0 Å². The van der Waals surface area contributed by atoms with Crippen molar-refractivity contribution in [3.8, 4) is 17.2 Å². The number of rotatable bonds is 2. The number of nitrogens with zero attached hydrogens (tertiary/aromatic N) is 4. The van der Waals surface area contributed by atoms with Crippen molar-refractivity contribution in [2.75, 3.05) is 0 Å². The van der Waals surface area contributed by atoms with E-state index in [-0.39, 0.29) is 0 Å². The zero-order chi connectivity index (χ0) is 14.9. The van der Waals surface area contributed by atoms with E-state index in [2.05, 4.69) is 45.7 Å². The summed E-state index contributed by atoms with van der Waals surface area (Å²) in [4.78, 5) is 13.7. The van der Waals surface area contributed by atoms with Crippen LogP contribution in [0.25, 0.3) is 28.4 Å². The molecule has 0 saturated carbocycles. The Kier molecular flexibility index (Phi) is 2.93. The van der Waals surface area contributed by atoms with Crippen LogP contribution in [0.3, 0.4) is 0 Å². The second-order valence-electron chi connectivity index (χ2n) is 5.17. The number of hydrogen-bond acceptors (Lipinski definition) is 3. The lowest BCUT2D eigenvalue weighted by molar-refractivity contribution is 1.06. The van der Waals surface area contributed by atoms with Crippen LogP contribution in [-0.2, 0) is 0 Å². The average molecular weight is 286 g/mol. The number of aryl methyl sites for hydroxylation is 1. The SMILES string of the molecule is Cc1ccc(-n2c(-c3ccccn3)nc3cccnc32)cc1. The largest absolute Gasteiger partial charge is 0.275 e. The first-order valence-corrected chi connectivity index (χ1v) is 7.15. The number of aromatic nitrogens is 4. The Bertz CT molecular complexity index is 924. The number of fused-ring (bicyclic) bond motifs is 1. The summed E-state index contributed by atoms with van der Waals surface area (Å²) in [5.41, 5.74) is 4.80. The topological polar surface area (TPSA) is 43.6 Å². The van der Waals surface area contributed by atoms with Gasteiger partial charge < -0.3 is 0 Å². The molecule has 0 N–H and O–H groups in total. The molecule has 0 radical (unpaired) electrons. The monoisotopic (exact) mass is 286 g/mol. The Morgan fingerprint density at radius 2 is 1.64 bits per heavy atom. The first-order chi connectivity index (χ1) is 10.8. The van der Waals surface area contributed by atoms with Crippen LogP contribution in [0, 0.1) is 6.92 Å². The summed E-state index contributed by atoms with van der Waals surface area (Å²) in [7, 11) is 0. The number of benzene rings is 1. The van der Waals surface area contributed by atoms with Crippen LogP contribution in [0.4, 0.5) is 0 Å². The highest BCUT2D eigenvalue weighted by molar-refractivity contribution is 5.79. The minimum atomic E-state index is 0.804. The summed E-state index contributed by atoms with van der Waals surface area (Å²) in [5, 5.41) is 0. The van der Waals surface area contributed by atoms with Crippen molar-refractivity contribution < 1.29 is 0 Å². The lowest BCUT2D eigenvalue weighted by atomic mass is 10.2. The molecule has 0 saturated heterocycles. The maximum absolute atomic E-state index is 4.72. The van der Waals surface area contributed by atoms with Gasteiger partial charge in [-0.15, -0.1) is 0 Å². The van der Waals surface area contributed by atoms with Crippen molar-refractivity contribution in [1.29, 1.82) is 0 Å². The van der Waals surface area contributed by atoms with Gasteiger partial charge >= 0.3 is 0 Å². The fourth-order valence-corrected chi connectivity index (χ4v) is 2.52. The molecule has 0 aliphatic carbocycles. The molecule has 0 aliphatic rings. The highest BCUT2D eigenvalue weighted by atomic mass is 15.1. The molecular weight excluding hydrogens is 272 g/mol. The minimum Gasteiger partial charge on any atom is -0.275 e. The van der Waals surface area contributed by atoms with E-state index in [1.165, 1.54) is 5.56 Å². The quantitative estimate of drug-likeness (QED) is 0.563. The maximum atomic E-state index is 4.72. The molecule has 0 fully saturated rings. The van der Waals surface area contributed by atoms with Crippen LogP contribution in [0.15, 0.2) is 67.0 Å². The molecule has 4 nitrogen and oxygen atoms in total. The predicted octanol–water partition coefficient (Wildman–Crippen LogP) is 3.79. The molecule has 4 rings (SSSR count). The summed E-state index contributed by atoms with van der Waals surface area (Å²) in [6.45, 7) is 2.08. The standard InChI is InChI=1S/C18H14N4/c1-13-7-9-14(10-8-13)22-17-16(6-4-12-20-17)21-18(22)15-5-2-3-11-19-15/h2-12H,1H3. The number of hydrogen-bond donors (Lipinski definition) is 0. The third-order valence-corrected chi connectivity index (χ3v) is 3.60. The van der Waals surface area contributed by atoms with Gasteiger partial charge in [-0.2, -0.15) is 0 Å². The maximum Gasteiger partial charge on any atom is 0.165 e. The van der Waals surface area contributed by atoms with Crippen LogP contribution in [0.2, 0.25) is 0 Å². The smallest absolute Gasteiger partial charge is 0.165 e. The van der Waals surface area contributed by atoms with Crippen LogP contribution in [0.1, 0.15) is 5.56 Å². The zero-order valence-electron chi connectivity index (χ0n) is 12.1. The molecule has 0 bridgehead atoms. The molecule has 0 amide bonds. The van der Waals surface area contributed by atoms with Crippen molar-refractivity contribution in [2.24, 2.45) is 0 Å². The third-order valence-electron chi connectivity index (χ3n) is 3.60. The second kappa shape index (κ2) is 5.07. The summed E-state index contributed by atoms with van der Waals surface area (Å²) in [6.07, 6.45) is 3.57. The molecule has 106 valence electrons. The molecule has 1 aromatic carbocycles. The predicted molar refractivity (Wildman–Crippen MR) is 86.8 cm³/mol. The third kappa shape index (κ3) is 2.05. The van der Waals surface area contributed by atoms with Gasteiger partial charge in [0.2, 0.25) is 0 Å². The highest BCUT2D eigenvalue weighted by Crippen LogP contribution is 2.26. The van der Waals surface area contributed by atoms with Crippen LogP contribution in [-0.4, -0.2) is 19.5 Å². The minimum absolute atomic E-state index is 0.804. The molecule has 3 heterocycles. The molecule has 0 atom stereocenters. The first-order valence-electron chi connectivity index (χ1n) is 7.15. The van der Waals surface area contributed by atoms with E-state index in [9.17, 15) is 0 Å². The van der Waals surface area contributed by atoms with Gasteiger partial charge in [-0.1, -0.05) is 23.8 Å². The van der Waals surface area contributed by atoms with Crippen molar-refractivity contribution in [3.05, 3.63) is 72.6 Å². The van der Waals surface area contributed by atoms with Gasteiger partial charge in [0, 0.05) is 18.1 Å². The van der Waals surface area contributed by atoms with Gasteiger partial charge in [0.05, 0.1) is 0 Å². The lowest BCUT2D eigenvalue weighted by Gasteiger charge is -2.08. The summed E-state index contributed by atoms with van der Waals surface area (Å²) < 4.78 is 2.05. The van der Waals surface area contributed by atoms with Crippen molar-refractivity contribution in [1.82, 2.24) is 19.5 Å². The molecule has 4 heteroatoms. The van der Waals surface area contributed by atoms with E-state index in [0.29, 0.717) is 0 Å². The molecule has 3 aromatic heterocycles. The molecule has 0 unspecified atom stereocenters. The van der Waals surface area contributed by atoms with Gasteiger partial charge in [0.15, 0.2) is 11.5 Å². The van der Waals surface area contributed by atoms with Gasteiger partial charge in [-0.3, -0.25) is 9.55 Å². The first kappa shape index (κ1) is 12.7. The Balaban J connectivity index is 2.04. The molecule has 22 heavy (non-hydrogen) atoms. The number of imidazole rings is 1. The Morgan fingerprint density at radius 3 is 2.41 bits per heavy atom. The average Bonchev–Trinajstić information content (AvgIpc) is 2.96. The van der Waals surface area contributed by atoms with Gasteiger partial charge in [0.1, 0.15) is 11.2 Å². The van der Waals surface area contributed by atoms with Crippen LogP contribution >= 0.6 is 0 Å². The fraction of sp³-hybridized carbons (Fsp3) is 0.0556. The van der Waals surface area contributed by atoms with E-state index in [1.54, 1.807) is 12.4 Å². The van der Waals surface area contributed by atoms with Crippen molar-refractivity contribution in [3.63, 3.8) is 0 Å². The van der Waals surface area contributed by atoms with Gasteiger partial charge in [-0.25, -0.2) is 9.97 Å².